The Morgan fingerprint density at radius 2 is 0.700 bits per heavy atom. The van der Waals surface area contributed by atoms with Gasteiger partial charge >= 0.3 is 0 Å². The summed E-state index contributed by atoms with van der Waals surface area (Å²) in [4.78, 5) is 39.4. The quantitative estimate of drug-likeness (QED) is 0.0202. The van der Waals surface area contributed by atoms with Crippen LogP contribution in [0.25, 0.3) is 0 Å². The lowest BCUT2D eigenvalue weighted by atomic mass is 9.93. The molecule has 3 amide bonds. The maximum absolute atomic E-state index is 13.5. The zero-order valence-electron chi connectivity index (χ0n) is 69.7. The average Bonchev–Trinajstić information content (AvgIpc) is 0.757. The van der Waals surface area contributed by atoms with Crippen LogP contribution in [0.1, 0.15) is 202 Å². The summed E-state index contributed by atoms with van der Waals surface area (Å²) >= 11 is 0. The van der Waals surface area contributed by atoms with Crippen LogP contribution in [0.2, 0.25) is 0 Å². The second kappa shape index (κ2) is 53.6. The summed E-state index contributed by atoms with van der Waals surface area (Å²) in [6.07, 6.45) is -35.1. The van der Waals surface area contributed by atoms with Gasteiger partial charge in [-0.3, -0.25) is 14.4 Å². The molecule has 700 valence electrons. The highest BCUT2D eigenvalue weighted by atomic mass is 16.8. The van der Waals surface area contributed by atoms with Crippen LogP contribution in [0.4, 0.5) is 0 Å². The summed E-state index contributed by atoms with van der Waals surface area (Å²) in [6.45, 7) is 0.903. The molecule has 0 aliphatic carbocycles. The van der Waals surface area contributed by atoms with Crippen molar-refractivity contribution in [2.45, 2.75) is 429 Å². The first-order valence-electron chi connectivity index (χ1n) is 43.3. The van der Waals surface area contributed by atoms with E-state index in [1.807, 2.05) is 6.08 Å². The number of ether oxygens (including phenoxy) is 14. The van der Waals surface area contributed by atoms with E-state index in [1.165, 1.54) is 103 Å². The van der Waals surface area contributed by atoms with Crippen LogP contribution in [0, 0.1) is 0 Å². The molecular weight excluding hydrogens is 1590 g/mol. The minimum atomic E-state index is -2.34. The van der Waals surface area contributed by atoms with Gasteiger partial charge in [-0.1, -0.05) is 167 Å². The highest BCUT2D eigenvalue weighted by molar-refractivity contribution is 5.76. The summed E-state index contributed by atoms with van der Waals surface area (Å²) in [5, 5.41) is 233. The number of allylic oxidation sites excluding steroid dienone is 1. The maximum atomic E-state index is 13.5. The molecule has 0 saturated carbocycles. The zero-order chi connectivity index (χ0) is 87.9. The minimum absolute atomic E-state index is 0.167. The minimum Gasteiger partial charge on any atom is -0.394 e. The van der Waals surface area contributed by atoms with Gasteiger partial charge in [-0.2, -0.15) is 0 Å². The van der Waals surface area contributed by atoms with Crippen LogP contribution in [0.15, 0.2) is 12.2 Å². The molecule has 7 rings (SSSR count). The van der Waals surface area contributed by atoms with Crippen molar-refractivity contribution in [3.05, 3.63) is 12.2 Å². The van der Waals surface area contributed by atoms with Gasteiger partial charge in [0.2, 0.25) is 17.7 Å². The highest BCUT2D eigenvalue weighted by Gasteiger charge is 2.60. The van der Waals surface area contributed by atoms with Gasteiger partial charge in [0.1, 0.15) is 165 Å². The summed E-state index contributed by atoms with van der Waals surface area (Å²) in [5.41, 5.74) is 0. The van der Waals surface area contributed by atoms with Gasteiger partial charge in [0.15, 0.2) is 44.0 Å². The predicted molar refractivity (Wildman–Crippen MR) is 416 cm³/mol. The fourth-order valence-electron chi connectivity index (χ4n) is 16.1. The van der Waals surface area contributed by atoms with Gasteiger partial charge in [0.25, 0.3) is 0 Å². The van der Waals surface area contributed by atoms with Crippen LogP contribution in [-0.4, -0.2) is 393 Å². The molecule has 14 unspecified atom stereocenters. The van der Waals surface area contributed by atoms with Crippen molar-refractivity contribution in [3.8, 4) is 0 Å². The molecule has 0 aromatic carbocycles. The molecule has 7 saturated heterocycles. The van der Waals surface area contributed by atoms with Gasteiger partial charge in [-0.05, 0) is 26.2 Å². The van der Waals surface area contributed by atoms with Crippen molar-refractivity contribution in [3.63, 3.8) is 0 Å². The number of hydrogen-bond acceptors (Lipinski definition) is 37. The number of carbonyl (C=O) groups excluding carboxylic acids is 3. The molecule has 0 aromatic rings. The van der Waals surface area contributed by atoms with Gasteiger partial charge < -0.3 is 184 Å². The Kier molecular flexibility index (Phi) is 46.3. The van der Waals surface area contributed by atoms with Crippen molar-refractivity contribution < 1.29 is 183 Å². The molecule has 7 heterocycles. The fraction of sp³-hybridized carbons (Fsp3) is 0.938. The van der Waals surface area contributed by atoms with Crippen LogP contribution in [0.3, 0.4) is 0 Å². The first-order valence-corrected chi connectivity index (χ1v) is 43.3. The second-order valence-electron chi connectivity index (χ2n) is 32.7. The molecule has 7 aliphatic rings. The normalized spacial score (nSPS) is 39.4. The lowest BCUT2D eigenvalue weighted by molar-refractivity contribution is -0.402. The first kappa shape index (κ1) is 104. The topological polar surface area (TPSA) is 621 Å². The third-order valence-electron chi connectivity index (χ3n) is 23.3. The van der Waals surface area contributed by atoms with Crippen LogP contribution in [-0.2, 0) is 80.7 Å². The van der Waals surface area contributed by atoms with Crippen LogP contribution >= 0.6 is 0 Å². The molecule has 23 N–H and O–H groups in total. The predicted octanol–water partition coefficient (Wildman–Crippen LogP) is -4.35. The molecule has 0 spiro atoms. The summed E-state index contributed by atoms with van der Waals surface area (Å²) in [6, 6.07) is -4.75. The molecule has 37 atom stereocenters. The van der Waals surface area contributed by atoms with Gasteiger partial charge in [0.05, 0.1) is 64.5 Å². The van der Waals surface area contributed by atoms with Crippen molar-refractivity contribution in [2.24, 2.45) is 0 Å². The highest BCUT2D eigenvalue weighted by Crippen LogP contribution is 2.40. The van der Waals surface area contributed by atoms with Gasteiger partial charge in [-0.15, -0.1) is 0 Å². The Balaban J connectivity index is 1.03. The van der Waals surface area contributed by atoms with E-state index < -0.39 is 285 Å². The number of amides is 3. The SMILES string of the molecule is CCCCCCCCCCCCC/C=C/[C@@H](O)[C@H](CO[C@@H]1OC(CO)[C@@H](O[C@@H]2OC(CO)[C@H](O[C@@H]3OC(CO)[C@H](O)[C@H](O[C@@H]4OC(CO)[C@H](O)[C@H](O[C@@H]5OC(CO)[C@H](O)[C@H](O[C@H]6OC(CO)[C@H](O)[C@H](O)C6NC(C)=O)C5O[C@H]5OC(C)[C@@H](O)C(O)[C@@H]5O)C4NC(C)=O)C3O)[C@H](O)C2O)[C@H](O)C1O)NC(=O)CCCCCCCCCCCCCCC. The fourth-order valence-corrected chi connectivity index (χ4v) is 16.1. The second-order valence-corrected chi connectivity index (χ2v) is 32.7. The van der Waals surface area contributed by atoms with E-state index in [0.717, 1.165) is 65.2 Å². The van der Waals surface area contributed by atoms with E-state index in [0.29, 0.717) is 12.8 Å². The Hall–Kier alpha value is -3.21. The molecule has 0 radical (unpaired) electrons. The third kappa shape index (κ3) is 29.7. The van der Waals surface area contributed by atoms with Gasteiger partial charge in [-0.25, -0.2) is 0 Å². The molecule has 40 heteroatoms. The largest absolute Gasteiger partial charge is 0.394 e. The van der Waals surface area contributed by atoms with E-state index in [-0.39, 0.29) is 12.3 Å². The maximum Gasteiger partial charge on any atom is 0.220 e. The van der Waals surface area contributed by atoms with E-state index in [9.17, 15) is 117 Å². The number of aliphatic hydroxyl groups excluding tert-OH is 20. The molecule has 7 fully saturated rings. The van der Waals surface area contributed by atoms with E-state index in [4.69, 9.17) is 66.3 Å². The monoisotopic (exact) mass is 1740 g/mol. The molecular formula is C80H143N3O37. The first-order chi connectivity index (χ1) is 57.5. The van der Waals surface area contributed by atoms with E-state index in [1.54, 1.807) is 6.08 Å². The number of unbranched alkanes of at least 4 members (excludes halogenated alkanes) is 23. The molecule has 40 nitrogen and oxygen atoms in total. The van der Waals surface area contributed by atoms with Crippen molar-refractivity contribution in [2.75, 3.05) is 46.2 Å². The van der Waals surface area contributed by atoms with Crippen molar-refractivity contribution in [1.82, 2.24) is 16.0 Å². The van der Waals surface area contributed by atoms with Crippen LogP contribution < -0.4 is 16.0 Å². The number of hydrogen-bond donors (Lipinski definition) is 23. The number of aliphatic hydroxyl groups is 20. The lowest BCUT2D eigenvalue weighted by Gasteiger charge is -2.52. The average molecular weight is 1740 g/mol. The van der Waals surface area contributed by atoms with E-state index >= 15 is 0 Å². The van der Waals surface area contributed by atoms with E-state index in [2.05, 4.69) is 29.8 Å². The summed E-state index contributed by atoms with van der Waals surface area (Å²) in [7, 11) is 0. The van der Waals surface area contributed by atoms with Crippen molar-refractivity contribution >= 4 is 17.7 Å². The number of carbonyl (C=O) groups is 3. The summed E-state index contributed by atoms with van der Waals surface area (Å²) in [5.74, 6) is -2.11. The third-order valence-corrected chi connectivity index (χ3v) is 23.3. The summed E-state index contributed by atoms with van der Waals surface area (Å²) < 4.78 is 84.1. The van der Waals surface area contributed by atoms with Crippen LogP contribution in [0.5, 0.6) is 0 Å². The zero-order valence-corrected chi connectivity index (χ0v) is 69.7. The van der Waals surface area contributed by atoms with Crippen molar-refractivity contribution in [1.29, 1.82) is 0 Å². The Morgan fingerprint density at radius 1 is 0.342 bits per heavy atom. The molecule has 7 aliphatic heterocycles. The smallest absolute Gasteiger partial charge is 0.220 e. The van der Waals surface area contributed by atoms with Gasteiger partial charge in [0, 0.05) is 20.3 Å². The Bertz CT molecular complexity index is 2870. The Morgan fingerprint density at radius 3 is 1.20 bits per heavy atom. The molecule has 0 aromatic heterocycles. The number of nitrogens with one attached hydrogen (secondary N) is 3. The molecule has 120 heavy (non-hydrogen) atoms. The lowest BCUT2D eigenvalue weighted by Crippen LogP contribution is -2.71. The number of rotatable bonds is 52. The standard InChI is InChI=1S/C80H143N3O37/c1-6-8-10-12-14-16-18-20-22-24-26-28-30-32-45(92)44(83-52(93)33-31-29-27-25-23-21-19-17-15-13-11-9-7-2)40-107-76-65(104)62(101)68(50(38-88)113-76)115-78-66(105)63(102)69(51(39-89)114-78)116-79-67(106)71(58(97)48(36-86)111-79)118-75-54(82-43(5)91)70(57(96)47(35-85)110-75)117-80-73(120-77-64(103)61(100)55(94)41(3)108-77)72(59(98)49(37-87)112-80)119-74-53(81-42(4)90)60(99)56(95)46(34-84)109-74/h30,32,41,44-51,53-80,84-89,92,94-106H,6-29,31,33-40H2,1-5H3,(H,81,90)(H,82,91)(H,83,93)/b32-30+/t41?,44-,45+,46?,47?,48?,49?,50?,51?,53?,54?,55+,56-,57-,58-,59-,60+,61?,62+,63+,64-,65?,66?,67?,68+,69-,70+,71-,72-,73?,74+,75-,76+,77+,78-,79-,80-/m0/s1. The molecule has 0 bridgehead atoms. The Labute approximate surface area is 700 Å².